The van der Waals surface area contributed by atoms with Crippen LogP contribution in [0.4, 0.5) is 0 Å². The maximum absolute atomic E-state index is 5.83. The fourth-order valence-corrected chi connectivity index (χ4v) is 5.01. The molecule has 0 fully saturated rings. The van der Waals surface area contributed by atoms with Gasteiger partial charge in [0.25, 0.3) is 0 Å². The number of ether oxygens (including phenoxy) is 4. The molecule has 0 saturated carbocycles. The molecule has 0 radical (unpaired) electrons. The first-order chi connectivity index (χ1) is 16.2. The van der Waals surface area contributed by atoms with E-state index in [0.717, 1.165) is 56.5 Å². The molecule has 4 aromatic carbocycles. The molecular weight excluding hydrogens is 414 g/mol. The highest BCUT2D eigenvalue weighted by molar-refractivity contribution is 6.16. The molecule has 6 rings (SSSR count). The summed E-state index contributed by atoms with van der Waals surface area (Å²) in [5.41, 5.74) is 3.58. The zero-order valence-corrected chi connectivity index (χ0v) is 18.8. The predicted molar refractivity (Wildman–Crippen MR) is 129 cm³/mol. The van der Waals surface area contributed by atoms with Crippen molar-refractivity contribution in [2.24, 2.45) is 7.05 Å². The first-order valence-electron chi connectivity index (χ1n) is 10.9. The standard InChI is InChI=1S/C28H24NO4/c1-29-15-22-26(19(11-17-7-5-4-6-8-17)13-25(30-2)28(22)31-3)20-10-9-18-12-23-24(33-16-32-23)14-21(18)27(20)29/h4-10,12-15H,11,16H2,1-3H3/q+1. The van der Waals surface area contributed by atoms with E-state index in [9.17, 15) is 0 Å². The van der Waals surface area contributed by atoms with Crippen LogP contribution in [0.15, 0.2) is 66.9 Å². The van der Waals surface area contributed by atoms with E-state index in [1.54, 1.807) is 14.2 Å². The Kier molecular flexibility index (Phi) is 4.50. The SMILES string of the molecule is COc1cc(Cc2ccccc2)c2c(c[n+](C)c3c4cc5c(cc4ccc23)OCO5)c1OC. The maximum atomic E-state index is 5.83. The maximum Gasteiger partial charge on any atom is 0.231 e. The molecule has 5 heteroatoms. The third kappa shape index (κ3) is 3.04. The van der Waals surface area contributed by atoms with E-state index in [1.165, 1.54) is 16.5 Å². The molecular formula is C28H24NO4+. The summed E-state index contributed by atoms with van der Waals surface area (Å²) < 4.78 is 25.0. The lowest BCUT2D eigenvalue weighted by atomic mass is 9.93. The molecule has 0 aliphatic carbocycles. The molecule has 164 valence electrons. The molecule has 0 spiro atoms. The number of hydrogen-bond donors (Lipinski definition) is 0. The number of aromatic nitrogens is 1. The van der Waals surface area contributed by atoms with Gasteiger partial charge in [0.1, 0.15) is 7.05 Å². The number of methoxy groups -OCH3 is 2. The normalized spacial score (nSPS) is 12.6. The first kappa shape index (κ1) is 19.7. The molecule has 1 aliphatic heterocycles. The fourth-order valence-electron chi connectivity index (χ4n) is 5.01. The first-order valence-corrected chi connectivity index (χ1v) is 10.9. The second-order valence-corrected chi connectivity index (χ2v) is 8.35. The van der Waals surface area contributed by atoms with Crippen LogP contribution in [-0.2, 0) is 13.5 Å². The summed E-state index contributed by atoms with van der Waals surface area (Å²) in [5, 5.41) is 5.60. The van der Waals surface area contributed by atoms with Gasteiger partial charge in [-0.05, 0) is 47.2 Å². The van der Waals surface area contributed by atoms with Gasteiger partial charge < -0.3 is 18.9 Å². The minimum atomic E-state index is 0.261. The van der Waals surface area contributed by atoms with Crippen molar-refractivity contribution >= 4 is 32.4 Å². The Labute approximate surface area is 191 Å². The van der Waals surface area contributed by atoms with Crippen molar-refractivity contribution < 1.29 is 23.5 Å². The molecule has 33 heavy (non-hydrogen) atoms. The van der Waals surface area contributed by atoms with Gasteiger partial charge in [-0.25, -0.2) is 0 Å². The van der Waals surface area contributed by atoms with Crippen LogP contribution in [0.5, 0.6) is 23.0 Å². The lowest BCUT2D eigenvalue weighted by Gasteiger charge is -2.16. The zero-order valence-electron chi connectivity index (χ0n) is 18.8. The van der Waals surface area contributed by atoms with E-state index in [0.29, 0.717) is 0 Å². The summed E-state index contributed by atoms with van der Waals surface area (Å²) in [6.45, 7) is 0.261. The van der Waals surface area contributed by atoms with Gasteiger partial charge in [-0.15, -0.1) is 0 Å². The summed E-state index contributed by atoms with van der Waals surface area (Å²) in [6.07, 6.45) is 2.93. The summed E-state index contributed by atoms with van der Waals surface area (Å²) >= 11 is 0. The summed E-state index contributed by atoms with van der Waals surface area (Å²) in [4.78, 5) is 0. The van der Waals surface area contributed by atoms with Crippen molar-refractivity contribution in [2.75, 3.05) is 21.0 Å². The second kappa shape index (κ2) is 7.55. The summed E-state index contributed by atoms with van der Waals surface area (Å²) in [6, 6.07) is 21.1. The fraction of sp³-hybridized carbons (Fsp3) is 0.179. The number of pyridine rings is 1. The highest BCUT2D eigenvalue weighted by Gasteiger charge is 2.24. The van der Waals surface area contributed by atoms with Gasteiger partial charge >= 0.3 is 0 Å². The largest absolute Gasteiger partial charge is 0.493 e. The van der Waals surface area contributed by atoms with Crippen LogP contribution in [0, 0.1) is 0 Å². The van der Waals surface area contributed by atoms with Gasteiger partial charge in [-0.1, -0.05) is 36.4 Å². The second-order valence-electron chi connectivity index (χ2n) is 8.35. The van der Waals surface area contributed by atoms with Gasteiger partial charge in [0.15, 0.2) is 29.2 Å². The molecule has 0 N–H and O–H groups in total. The molecule has 2 heterocycles. The van der Waals surface area contributed by atoms with E-state index in [1.807, 2.05) is 6.07 Å². The van der Waals surface area contributed by atoms with Gasteiger partial charge in [0.2, 0.25) is 12.3 Å². The van der Waals surface area contributed by atoms with Crippen LogP contribution in [0.25, 0.3) is 32.4 Å². The number of benzene rings is 4. The van der Waals surface area contributed by atoms with Crippen molar-refractivity contribution in [1.29, 1.82) is 0 Å². The molecule has 0 saturated heterocycles. The number of fused-ring (bicyclic) bond motifs is 6. The predicted octanol–water partition coefficient (Wildman–Crippen LogP) is 5.31. The molecule has 0 amide bonds. The van der Waals surface area contributed by atoms with Crippen molar-refractivity contribution in [2.45, 2.75) is 6.42 Å². The number of aryl methyl sites for hydroxylation is 1. The quantitative estimate of drug-likeness (QED) is 0.282. The molecule has 5 nitrogen and oxygen atoms in total. The lowest BCUT2D eigenvalue weighted by molar-refractivity contribution is -0.642. The van der Waals surface area contributed by atoms with E-state index in [-0.39, 0.29) is 6.79 Å². The van der Waals surface area contributed by atoms with Gasteiger partial charge in [0, 0.05) is 5.39 Å². The zero-order chi connectivity index (χ0) is 22.5. The van der Waals surface area contributed by atoms with Crippen molar-refractivity contribution in [3.05, 3.63) is 78.0 Å². The number of hydrogen-bond acceptors (Lipinski definition) is 4. The monoisotopic (exact) mass is 438 g/mol. The van der Waals surface area contributed by atoms with Crippen LogP contribution in [0.2, 0.25) is 0 Å². The van der Waals surface area contributed by atoms with Crippen LogP contribution in [0.3, 0.4) is 0 Å². The molecule has 0 atom stereocenters. The average molecular weight is 439 g/mol. The number of rotatable bonds is 4. The third-order valence-corrected chi connectivity index (χ3v) is 6.45. The van der Waals surface area contributed by atoms with Crippen LogP contribution < -0.4 is 23.5 Å². The van der Waals surface area contributed by atoms with E-state index in [4.69, 9.17) is 18.9 Å². The molecule has 5 aromatic rings. The molecule has 1 aromatic heterocycles. The highest BCUT2D eigenvalue weighted by atomic mass is 16.7. The van der Waals surface area contributed by atoms with Crippen LogP contribution >= 0.6 is 0 Å². The molecule has 0 bridgehead atoms. The Bertz CT molecular complexity index is 1540. The van der Waals surface area contributed by atoms with Crippen molar-refractivity contribution in [3.8, 4) is 23.0 Å². The summed E-state index contributed by atoms with van der Waals surface area (Å²) in [5.74, 6) is 3.06. The van der Waals surface area contributed by atoms with Gasteiger partial charge in [0.05, 0.1) is 30.4 Å². The number of nitrogens with zero attached hydrogens (tertiary/aromatic N) is 1. The minimum Gasteiger partial charge on any atom is -0.493 e. The van der Waals surface area contributed by atoms with E-state index >= 15 is 0 Å². The van der Waals surface area contributed by atoms with Gasteiger partial charge in [-0.3, -0.25) is 0 Å². The van der Waals surface area contributed by atoms with Crippen molar-refractivity contribution in [1.82, 2.24) is 0 Å². The summed E-state index contributed by atoms with van der Waals surface area (Å²) in [7, 11) is 5.45. The van der Waals surface area contributed by atoms with Crippen molar-refractivity contribution in [3.63, 3.8) is 0 Å². The Morgan fingerprint density at radius 2 is 1.64 bits per heavy atom. The average Bonchev–Trinajstić information content (AvgIpc) is 3.30. The minimum absolute atomic E-state index is 0.261. The van der Waals surface area contributed by atoms with Crippen LogP contribution in [-0.4, -0.2) is 21.0 Å². The van der Waals surface area contributed by atoms with E-state index < -0.39 is 0 Å². The Hall–Kier alpha value is -3.99. The molecule has 0 unspecified atom stereocenters. The molecule has 1 aliphatic rings. The van der Waals surface area contributed by atoms with E-state index in [2.05, 4.69) is 72.4 Å². The highest BCUT2D eigenvalue weighted by Crippen LogP contribution is 2.43. The van der Waals surface area contributed by atoms with Crippen LogP contribution in [0.1, 0.15) is 11.1 Å². The third-order valence-electron chi connectivity index (χ3n) is 6.45. The lowest BCUT2D eigenvalue weighted by Crippen LogP contribution is -2.29. The Morgan fingerprint density at radius 3 is 2.39 bits per heavy atom. The smallest absolute Gasteiger partial charge is 0.231 e. The Balaban J connectivity index is 1.74. The Morgan fingerprint density at radius 1 is 0.848 bits per heavy atom. The topological polar surface area (TPSA) is 40.8 Å². The van der Waals surface area contributed by atoms with Gasteiger partial charge in [-0.2, -0.15) is 4.57 Å².